The summed E-state index contributed by atoms with van der Waals surface area (Å²) in [4.78, 5) is -0.0929. The van der Waals surface area contributed by atoms with Gasteiger partial charge in [-0.15, -0.1) is 0 Å². The summed E-state index contributed by atoms with van der Waals surface area (Å²) in [6.45, 7) is 0.791. The van der Waals surface area contributed by atoms with Gasteiger partial charge in [-0.3, -0.25) is 0 Å². The number of sulfonamides is 2. The van der Waals surface area contributed by atoms with E-state index in [-0.39, 0.29) is 22.9 Å². The third kappa shape index (κ3) is 5.06. The van der Waals surface area contributed by atoms with Crippen molar-refractivity contribution in [3.63, 3.8) is 0 Å². The van der Waals surface area contributed by atoms with Crippen LogP contribution < -0.4 is 14.2 Å². The molecule has 1 heterocycles. The van der Waals surface area contributed by atoms with Gasteiger partial charge in [-0.2, -0.15) is 0 Å². The molecule has 0 aliphatic carbocycles. The highest BCUT2D eigenvalue weighted by molar-refractivity contribution is 7.90. The molecule has 0 aromatic heterocycles. The molecular formula is C15H24N2O6S2. The minimum absolute atomic E-state index is 0.0929. The van der Waals surface area contributed by atoms with Crippen LogP contribution in [0.4, 0.5) is 0 Å². The fraction of sp³-hybridized carbons (Fsp3) is 0.600. The summed E-state index contributed by atoms with van der Waals surface area (Å²) in [5.41, 5.74) is 0. The lowest BCUT2D eigenvalue weighted by Crippen LogP contribution is -2.40. The molecule has 0 unspecified atom stereocenters. The lowest BCUT2D eigenvalue weighted by atomic mass is 10.2. The van der Waals surface area contributed by atoms with Crippen molar-refractivity contribution in [2.24, 2.45) is 0 Å². The molecule has 1 fully saturated rings. The highest BCUT2D eigenvalue weighted by Crippen LogP contribution is 2.27. The lowest BCUT2D eigenvalue weighted by Gasteiger charge is -2.25. The van der Waals surface area contributed by atoms with E-state index in [1.54, 1.807) is 6.07 Å². The molecule has 1 aromatic rings. The highest BCUT2D eigenvalue weighted by atomic mass is 32.2. The molecule has 1 aliphatic heterocycles. The number of nitrogens with zero attached hydrogens (tertiary/aromatic N) is 1. The second kappa shape index (κ2) is 8.35. The van der Waals surface area contributed by atoms with Gasteiger partial charge in [0.25, 0.3) is 0 Å². The van der Waals surface area contributed by atoms with E-state index < -0.39 is 20.0 Å². The number of benzene rings is 1. The van der Waals surface area contributed by atoms with Crippen LogP contribution >= 0.6 is 0 Å². The first-order valence-corrected chi connectivity index (χ1v) is 11.1. The molecule has 1 aliphatic rings. The van der Waals surface area contributed by atoms with Crippen molar-refractivity contribution in [3.05, 3.63) is 18.2 Å². The Morgan fingerprint density at radius 1 is 1.04 bits per heavy atom. The molecule has 0 saturated carbocycles. The van der Waals surface area contributed by atoms with Crippen LogP contribution in [0, 0.1) is 0 Å². The fourth-order valence-corrected chi connectivity index (χ4v) is 5.42. The van der Waals surface area contributed by atoms with E-state index in [1.165, 1.54) is 30.7 Å². The van der Waals surface area contributed by atoms with E-state index in [9.17, 15) is 16.8 Å². The van der Waals surface area contributed by atoms with Crippen LogP contribution in [0.2, 0.25) is 0 Å². The van der Waals surface area contributed by atoms with Crippen LogP contribution in [0.1, 0.15) is 19.3 Å². The number of hydrogen-bond donors (Lipinski definition) is 1. The van der Waals surface area contributed by atoms with Crippen molar-refractivity contribution in [3.8, 4) is 11.5 Å². The van der Waals surface area contributed by atoms with Crippen molar-refractivity contribution in [2.45, 2.75) is 24.2 Å². The molecular weight excluding hydrogens is 368 g/mol. The Morgan fingerprint density at radius 2 is 1.72 bits per heavy atom. The number of ether oxygens (including phenoxy) is 2. The van der Waals surface area contributed by atoms with E-state index >= 15 is 0 Å². The van der Waals surface area contributed by atoms with Gasteiger partial charge in [-0.1, -0.05) is 6.42 Å². The van der Waals surface area contributed by atoms with Crippen molar-refractivity contribution >= 4 is 20.0 Å². The van der Waals surface area contributed by atoms with Gasteiger partial charge in [0.15, 0.2) is 0 Å². The topological polar surface area (TPSA) is 102 Å². The predicted molar refractivity (Wildman–Crippen MR) is 93.9 cm³/mol. The standard InChI is InChI=1S/C15H24N2O6S2/c1-22-13-6-7-14(23-2)15(12-13)25(20,21)16-8-11-24(18,19)17-9-4-3-5-10-17/h6-7,12,16H,3-5,8-11H2,1-2H3. The van der Waals surface area contributed by atoms with Crippen molar-refractivity contribution in [2.75, 3.05) is 39.6 Å². The van der Waals surface area contributed by atoms with Crippen LogP contribution in [0.5, 0.6) is 11.5 Å². The monoisotopic (exact) mass is 392 g/mol. The van der Waals surface area contributed by atoms with E-state index in [4.69, 9.17) is 9.47 Å². The molecule has 1 saturated heterocycles. The third-order valence-corrected chi connectivity index (χ3v) is 7.38. The molecule has 0 bridgehead atoms. The smallest absolute Gasteiger partial charge is 0.244 e. The Kier molecular flexibility index (Phi) is 6.66. The second-order valence-electron chi connectivity index (χ2n) is 5.69. The molecule has 0 amide bonds. The first kappa shape index (κ1) is 20.0. The maximum Gasteiger partial charge on any atom is 0.244 e. The van der Waals surface area contributed by atoms with E-state index in [1.807, 2.05) is 0 Å². The first-order valence-electron chi connectivity index (χ1n) is 7.99. The molecule has 0 spiro atoms. The lowest BCUT2D eigenvalue weighted by molar-refractivity contribution is 0.346. The fourth-order valence-electron chi connectivity index (χ4n) is 2.65. The number of piperidine rings is 1. The van der Waals surface area contributed by atoms with Crippen LogP contribution in [0.15, 0.2) is 23.1 Å². The third-order valence-electron chi connectivity index (χ3n) is 4.02. The molecule has 10 heteroatoms. The van der Waals surface area contributed by atoms with Gasteiger partial charge in [0, 0.05) is 25.7 Å². The number of rotatable bonds is 8. The maximum absolute atomic E-state index is 12.5. The van der Waals surface area contributed by atoms with Crippen LogP contribution in [-0.2, 0) is 20.0 Å². The normalized spacial score (nSPS) is 16.6. The number of nitrogens with one attached hydrogen (secondary N) is 1. The van der Waals surface area contributed by atoms with Gasteiger partial charge in [0.1, 0.15) is 16.4 Å². The van der Waals surface area contributed by atoms with E-state index in [0.29, 0.717) is 18.8 Å². The van der Waals surface area contributed by atoms with Gasteiger partial charge in [0.2, 0.25) is 20.0 Å². The molecule has 0 atom stereocenters. The first-order chi connectivity index (χ1) is 11.8. The molecule has 8 nitrogen and oxygen atoms in total. The van der Waals surface area contributed by atoms with Crippen LogP contribution in [0.3, 0.4) is 0 Å². The summed E-state index contributed by atoms with van der Waals surface area (Å²) >= 11 is 0. The molecule has 1 aromatic carbocycles. The Bertz CT molecular complexity index is 786. The zero-order valence-corrected chi connectivity index (χ0v) is 16.0. The van der Waals surface area contributed by atoms with Gasteiger partial charge >= 0.3 is 0 Å². The summed E-state index contributed by atoms with van der Waals surface area (Å²) < 4.78 is 63.4. The Labute approximate surface area is 149 Å². The van der Waals surface area contributed by atoms with Gasteiger partial charge in [-0.25, -0.2) is 25.9 Å². The summed E-state index contributed by atoms with van der Waals surface area (Å²) in [7, 11) is -4.60. The minimum atomic E-state index is -3.93. The summed E-state index contributed by atoms with van der Waals surface area (Å²) in [6.07, 6.45) is 2.70. The van der Waals surface area contributed by atoms with Crippen molar-refractivity contribution < 1.29 is 26.3 Å². The number of hydrogen-bond acceptors (Lipinski definition) is 6. The van der Waals surface area contributed by atoms with E-state index in [0.717, 1.165) is 19.3 Å². The molecule has 0 radical (unpaired) electrons. The SMILES string of the molecule is COc1ccc(OC)c(S(=O)(=O)NCCS(=O)(=O)N2CCCCC2)c1. The summed E-state index contributed by atoms with van der Waals surface area (Å²) in [6, 6.07) is 4.40. The predicted octanol–water partition coefficient (Wildman–Crippen LogP) is 0.798. The molecule has 2 rings (SSSR count). The average Bonchev–Trinajstić information content (AvgIpc) is 2.61. The second-order valence-corrected chi connectivity index (χ2v) is 9.51. The zero-order valence-electron chi connectivity index (χ0n) is 14.4. The van der Waals surface area contributed by atoms with Gasteiger partial charge < -0.3 is 9.47 Å². The van der Waals surface area contributed by atoms with Crippen molar-refractivity contribution in [1.29, 1.82) is 0 Å². The largest absolute Gasteiger partial charge is 0.497 e. The van der Waals surface area contributed by atoms with Crippen LogP contribution in [0.25, 0.3) is 0 Å². The average molecular weight is 392 g/mol. The van der Waals surface area contributed by atoms with Gasteiger partial charge in [0.05, 0.1) is 20.0 Å². The highest BCUT2D eigenvalue weighted by Gasteiger charge is 2.25. The molecule has 1 N–H and O–H groups in total. The summed E-state index contributed by atoms with van der Waals surface area (Å²) in [5.74, 6) is 0.243. The minimum Gasteiger partial charge on any atom is -0.497 e. The molecule has 142 valence electrons. The number of methoxy groups -OCH3 is 2. The van der Waals surface area contributed by atoms with Gasteiger partial charge in [-0.05, 0) is 25.0 Å². The summed E-state index contributed by atoms with van der Waals surface area (Å²) in [5, 5.41) is 0. The Balaban J connectivity index is 2.06. The Hall–Kier alpha value is -1.36. The Morgan fingerprint density at radius 3 is 2.32 bits per heavy atom. The maximum atomic E-state index is 12.5. The zero-order chi connectivity index (χ0) is 18.5. The van der Waals surface area contributed by atoms with Crippen LogP contribution in [-0.4, -0.2) is 60.7 Å². The molecule has 25 heavy (non-hydrogen) atoms. The van der Waals surface area contributed by atoms with E-state index in [2.05, 4.69) is 4.72 Å². The van der Waals surface area contributed by atoms with Crippen molar-refractivity contribution in [1.82, 2.24) is 9.03 Å². The quantitative estimate of drug-likeness (QED) is 0.702.